The molecular weight excluding hydrogens is 1250 g/mol. The van der Waals surface area contributed by atoms with Crippen LogP contribution in [-0.2, 0) is 0 Å². The van der Waals surface area contributed by atoms with Crippen molar-refractivity contribution in [2.75, 3.05) is 0 Å². The Bertz CT molecular complexity index is 6560. The van der Waals surface area contributed by atoms with Gasteiger partial charge in [-0.25, -0.2) is 0 Å². The van der Waals surface area contributed by atoms with E-state index in [-0.39, 0.29) is 0 Å². The standard InChI is InChI=1S/2C52H34/c1-3-14-35(15-4-1)39-30-31-44(50(34-39)38-16-5-2-6-17-38)40-28-26-36-27-29-41(33-42(36)32-40)51-46-21-9-11-23-48(46)52(49-24-12-10-22-47(49)51)45-25-13-19-37-18-7-8-20-43(37)45;1-3-14-35(15-4-1)39-30-31-44(37-16-5-2-6-17-37)50(34-39)40-28-26-36-27-29-41(33-42(36)32-40)51-46-21-9-11-23-48(46)52(49-24-12-10-22-47(49)51)45-25-13-19-38-18-7-8-20-43(38)45/h2*1-34H. The topological polar surface area (TPSA) is 0 Å². The number of fused-ring (bicyclic) bond motifs is 8. The predicted octanol–water partition coefficient (Wildman–Crippen LogP) is 29.3. The highest BCUT2D eigenvalue weighted by Gasteiger charge is 2.22. The average molecular weight is 1320 g/mol. The second-order valence-corrected chi connectivity index (χ2v) is 27.3. The van der Waals surface area contributed by atoms with Gasteiger partial charge in [-0.15, -0.1) is 0 Å². The molecule has 0 radical (unpaired) electrons. The zero-order chi connectivity index (χ0) is 68.9. The van der Waals surface area contributed by atoms with Gasteiger partial charge in [0.1, 0.15) is 0 Å². The first kappa shape index (κ1) is 61.6. The van der Waals surface area contributed by atoms with Crippen LogP contribution in [0.15, 0.2) is 413 Å². The van der Waals surface area contributed by atoms with Gasteiger partial charge in [0.25, 0.3) is 0 Å². The Balaban J connectivity index is 0.000000143. The fourth-order valence-corrected chi connectivity index (χ4v) is 16.4. The maximum Gasteiger partial charge on any atom is -0.00201 e. The Morgan fingerprint density at radius 2 is 0.356 bits per heavy atom. The van der Waals surface area contributed by atoms with Crippen LogP contribution in [0.3, 0.4) is 0 Å². The van der Waals surface area contributed by atoms with Crippen LogP contribution in [0.5, 0.6) is 0 Å². The minimum atomic E-state index is 1.21. The monoisotopic (exact) mass is 1320 g/mol. The third-order valence-corrected chi connectivity index (χ3v) is 21.3. The Labute approximate surface area is 606 Å². The summed E-state index contributed by atoms with van der Waals surface area (Å²) >= 11 is 0. The van der Waals surface area contributed by atoms with Gasteiger partial charge in [0, 0.05) is 0 Å². The Morgan fingerprint density at radius 1 is 0.0962 bits per heavy atom. The Morgan fingerprint density at radius 3 is 0.740 bits per heavy atom. The van der Waals surface area contributed by atoms with Crippen LogP contribution in [0.25, 0.3) is 197 Å². The number of benzene rings is 20. The summed E-state index contributed by atoms with van der Waals surface area (Å²) in [5, 5.41) is 20.1. The highest BCUT2D eigenvalue weighted by Crippen LogP contribution is 2.49. The van der Waals surface area contributed by atoms with E-state index >= 15 is 0 Å². The molecule has 0 heteroatoms. The van der Waals surface area contributed by atoms with Crippen molar-refractivity contribution < 1.29 is 0 Å². The lowest BCUT2D eigenvalue weighted by molar-refractivity contribution is 1.57. The Kier molecular flexibility index (Phi) is 15.7. The molecule has 0 spiro atoms. The fraction of sp³-hybridized carbons (Fsp3) is 0. The number of hydrogen-bond acceptors (Lipinski definition) is 0. The minimum absolute atomic E-state index is 1.21. The lowest BCUT2D eigenvalue weighted by Crippen LogP contribution is -1.92. The first-order chi connectivity index (χ1) is 51.6. The van der Waals surface area contributed by atoms with Crippen molar-refractivity contribution in [3.05, 3.63) is 413 Å². The molecule has 20 aromatic carbocycles. The van der Waals surface area contributed by atoms with Crippen LogP contribution in [0.1, 0.15) is 0 Å². The first-order valence-electron chi connectivity index (χ1n) is 36.0. The van der Waals surface area contributed by atoms with E-state index in [0.29, 0.717) is 0 Å². The van der Waals surface area contributed by atoms with Crippen LogP contribution >= 0.6 is 0 Å². The molecule has 0 saturated heterocycles. The summed E-state index contributed by atoms with van der Waals surface area (Å²) in [5.41, 5.74) is 24.8. The van der Waals surface area contributed by atoms with Crippen molar-refractivity contribution in [3.8, 4) is 111 Å². The normalized spacial score (nSPS) is 11.5. The maximum absolute atomic E-state index is 2.40. The summed E-state index contributed by atoms with van der Waals surface area (Å²) < 4.78 is 0. The van der Waals surface area contributed by atoms with Gasteiger partial charge in [0.15, 0.2) is 0 Å². The average Bonchev–Trinajstić information content (AvgIpc) is 0.728. The van der Waals surface area contributed by atoms with Crippen molar-refractivity contribution >= 4 is 86.2 Å². The van der Waals surface area contributed by atoms with Gasteiger partial charge in [-0.2, -0.15) is 0 Å². The molecule has 0 unspecified atom stereocenters. The van der Waals surface area contributed by atoms with E-state index in [2.05, 4.69) is 413 Å². The summed E-state index contributed by atoms with van der Waals surface area (Å²) in [5.74, 6) is 0. The van der Waals surface area contributed by atoms with Gasteiger partial charge in [-0.1, -0.05) is 376 Å². The zero-order valence-electron chi connectivity index (χ0n) is 57.3. The molecule has 0 aliphatic carbocycles. The van der Waals surface area contributed by atoms with Crippen molar-refractivity contribution in [1.82, 2.24) is 0 Å². The van der Waals surface area contributed by atoms with Crippen molar-refractivity contribution in [2.45, 2.75) is 0 Å². The van der Waals surface area contributed by atoms with Crippen LogP contribution in [0.2, 0.25) is 0 Å². The Hall–Kier alpha value is -13.5. The van der Waals surface area contributed by atoms with Crippen molar-refractivity contribution in [3.63, 3.8) is 0 Å². The second kappa shape index (κ2) is 26.5. The van der Waals surface area contributed by atoms with Crippen LogP contribution in [0.4, 0.5) is 0 Å². The largest absolute Gasteiger partial charge is 0.0622 e. The van der Waals surface area contributed by atoms with E-state index in [0.717, 1.165) is 0 Å². The summed E-state index contributed by atoms with van der Waals surface area (Å²) in [6.45, 7) is 0. The molecule has 0 heterocycles. The lowest BCUT2D eigenvalue weighted by Gasteiger charge is -2.19. The van der Waals surface area contributed by atoms with Gasteiger partial charge >= 0.3 is 0 Å². The molecule has 0 aromatic heterocycles. The van der Waals surface area contributed by atoms with Crippen LogP contribution in [-0.4, -0.2) is 0 Å². The lowest BCUT2D eigenvalue weighted by atomic mass is 9.84. The molecule has 0 saturated carbocycles. The first-order valence-corrected chi connectivity index (χ1v) is 36.0. The van der Waals surface area contributed by atoms with Gasteiger partial charge in [0.05, 0.1) is 0 Å². The van der Waals surface area contributed by atoms with Crippen LogP contribution in [0, 0.1) is 0 Å². The smallest absolute Gasteiger partial charge is 0.00201 e. The van der Waals surface area contributed by atoms with E-state index in [9.17, 15) is 0 Å². The summed E-state index contributed by atoms with van der Waals surface area (Å²) in [4.78, 5) is 0. The molecule has 0 fully saturated rings. The zero-order valence-corrected chi connectivity index (χ0v) is 57.3. The van der Waals surface area contributed by atoms with E-state index in [4.69, 9.17) is 0 Å². The third kappa shape index (κ3) is 11.1. The number of hydrogen-bond donors (Lipinski definition) is 0. The minimum Gasteiger partial charge on any atom is -0.0622 e. The molecule has 0 amide bonds. The molecule has 104 heavy (non-hydrogen) atoms. The van der Waals surface area contributed by atoms with E-state index < -0.39 is 0 Å². The summed E-state index contributed by atoms with van der Waals surface area (Å²) in [6, 6.07) is 151. The molecule has 484 valence electrons. The van der Waals surface area contributed by atoms with E-state index in [1.165, 1.54) is 197 Å². The van der Waals surface area contributed by atoms with Gasteiger partial charge in [-0.3, -0.25) is 0 Å². The molecule has 0 nitrogen and oxygen atoms in total. The summed E-state index contributed by atoms with van der Waals surface area (Å²) in [7, 11) is 0. The van der Waals surface area contributed by atoms with Crippen LogP contribution < -0.4 is 0 Å². The number of rotatable bonds is 10. The molecule has 0 atom stereocenters. The SMILES string of the molecule is c1ccc(-c2ccc(-c3ccc4ccc(-c5c6ccccc6c(-c6cccc7ccccc67)c6ccccc56)cc4c3)c(-c3ccccc3)c2)cc1.c1ccc(-c2ccc(-c3ccccc3)c(-c3ccc4ccc(-c5c6ccccc6c(-c6cccc7ccccc67)c6ccccc56)cc4c3)c2)cc1. The van der Waals surface area contributed by atoms with Crippen molar-refractivity contribution in [1.29, 1.82) is 0 Å². The van der Waals surface area contributed by atoms with Gasteiger partial charge < -0.3 is 0 Å². The highest BCUT2D eigenvalue weighted by molar-refractivity contribution is 6.26. The second-order valence-electron chi connectivity index (χ2n) is 27.3. The van der Waals surface area contributed by atoms with E-state index in [1.54, 1.807) is 0 Å². The van der Waals surface area contributed by atoms with Gasteiger partial charge in [-0.05, 0) is 234 Å². The molecule has 0 aliphatic rings. The quantitative estimate of drug-likeness (QED) is 0.120. The molecule has 20 rings (SSSR count). The summed E-state index contributed by atoms with van der Waals surface area (Å²) in [6.07, 6.45) is 0. The van der Waals surface area contributed by atoms with Crippen molar-refractivity contribution in [2.24, 2.45) is 0 Å². The molecule has 0 bridgehead atoms. The molecule has 0 N–H and O–H groups in total. The third-order valence-electron chi connectivity index (χ3n) is 21.3. The predicted molar refractivity (Wildman–Crippen MR) is 447 cm³/mol. The van der Waals surface area contributed by atoms with Gasteiger partial charge in [0.2, 0.25) is 0 Å². The molecule has 0 aliphatic heterocycles. The van der Waals surface area contributed by atoms with E-state index in [1.807, 2.05) is 0 Å². The molecule has 20 aromatic rings. The fourth-order valence-electron chi connectivity index (χ4n) is 16.4. The maximum atomic E-state index is 2.40. The highest BCUT2D eigenvalue weighted by atomic mass is 14.3. The molecular formula is C104H68.